The fourth-order valence-electron chi connectivity index (χ4n) is 1.04. The molecule has 7 heteroatoms. The third kappa shape index (κ3) is 4.08. The van der Waals surface area contributed by atoms with Crippen LogP contribution in [-0.4, -0.2) is 11.2 Å². The van der Waals surface area contributed by atoms with E-state index in [0.717, 1.165) is 0 Å². The Hall–Kier alpha value is -0.140. The molecular formula is C8H7Br2F3N2. The van der Waals surface area contributed by atoms with Crippen LogP contribution in [-0.2, 0) is 0 Å². The van der Waals surface area contributed by atoms with E-state index in [4.69, 9.17) is 5.73 Å². The van der Waals surface area contributed by atoms with Crippen LogP contribution >= 0.6 is 31.9 Å². The number of halogens is 5. The SMILES string of the molecule is NC(CC(F)(F)F)c1ncc(Br)cc1Br. The monoisotopic (exact) mass is 346 g/mol. The number of hydrogen-bond donors (Lipinski definition) is 1. The van der Waals surface area contributed by atoms with Gasteiger partial charge in [-0.15, -0.1) is 0 Å². The van der Waals surface area contributed by atoms with Gasteiger partial charge in [0.25, 0.3) is 0 Å². The van der Waals surface area contributed by atoms with Gasteiger partial charge in [-0.1, -0.05) is 0 Å². The van der Waals surface area contributed by atoms with Crippen molar-refractivity contribution in [2.45, 2.75) is 18.6 Å². The molecule has 1 rings (SSSR count). The number of aromatic nitrogens is 1. The summed E-state index contributed by atoms with van der Waals surface area (Å²) in [7, 11) is 0. The average molecular weight is 348 g/mol. The summed E-state index contributed by atoms with van der Waals surface area (Å²) in [6.45, 7) is 0. The van der Waals surface area contributed by atoms with Crippen LogP contribution in [0.3, 0.4) is 0 Å². The maximum absolute atomic E-state index is 12.1. The third-order valence-electron chi connectivity index (χ3n) is 1.64. The lowest BCUT2D eigenvalue weighted by Gasteiger charge is -2.14. The topological polar surface area (TPSA) is 38.9 Å². The molecule has 15 heavy (non-hydrogen) atoms. The molecule has 0 spiro atoms. The fraction of sp³-hybridized carbons (Fsp3) is 0.375. The van der Waals surface area contributed by atoms with Crippen LogP contribution in [0.1, 0.15) is 18.2 Å². The van der Waals surface area contributed by atoms with Crippen molar-refractivity contribution in [3.8, 4) is 0 Å². The first-order chi connectivity index (χ1) is 6.79. The van der Waals surface area contributed by atoms with Crippen LogP contribution in [0.2, 0.25) is 0 Å². The van der Waals surface area contributed by atoms with Crippen LogP contribution in [0.5, 0.6) is 0 Å². The molecule has 0 aromatic carbocycles. The summed E-state index contributed by atoms with van der Waals surface area (Å²) < 4.78 is 37.4. The predicted octanol–water partition coefficient (Wildman–Crippen LogP) is 3.56. The maximum Gasteiger partial charge on any atom is 0.390 e. The molecule has 1 aromatic rings. The Bertz CT molecular complexity index is 354. The van der Waals surface area contributed by atoms with E-state index in [9.17, 15) is 13.2 Å². The average Bonchev–Trinajstić information content (AvgIpc) is 1.99. The molecule has 0 saturated heterocycles. The van der Waals surface area contributed by atoms with E-state index in [1.54, 1.807) is 6.07 Å². The van der Waals surface area contributed by atoms with Crippen molar-refractivity contribution in [3.63, 3.8) is 0 Å². The first-order valence-corrected chi connectivity index (χ1v) is 5.51. The van der Waals surface area contributed by atoms with Crippen molar-refractivity contribution in [1.82, 2.24) is 4.98 Å². The zero-order valence-electron chi connectivity index (χ0n) is 7.35. The molecule has 0 amide bonds. The van der Waals surface area contributed by atoms with Gasteiger partial charge in [0.1, 0.15) is 0 Å². The van der Waals surface area contributed by atoms with Gasteiger partial charge in [-0.25, -0.2) is 0 Å². The summed E-state index contributed by atoms with van der Waals surface area (Å²) >= 11 is 6.27. The standard InChI is InChI=1S/C8H7Br2F3N2/c9-4-1-5(10)7(15-3-4)6(14)2-8(11,12)13/h1,3,6H,2,14H2. The Balaban J connectivity index is 2.87. The van der Waals surface area contributed by atoms with Gasteiger partial charge in [0, 0.05) is 15.1 Å². The van der Waals surface area contributed by atoms with E-state index in [2.05, 4.69) is 36.8 Å². The summed E-state index contributed by atoms with van der Waals surface area (Å²) in [5, 5.41) is 0. The van der Waals surface area contributed by atoms with Crippen molar-refractivity contribution in [2.75, 3.05) is 0 Å². The molecule has 0 bridgehead atoms. The summed E-state index contributed by atoms with van der Waals surface area (Å²) in [4.78, 5) is 3.84. The number of hydrogen-bond acceptors (Lipinski definition) is 2. The molecule has 0 saturated carbocycles. The number of nitrogens with zero attached hydrogens (tertiary/aromatic N) is 1. The molecular weight excluding hydrogens is 341 g/mol. The molecule has 2 N–H and O–H groups in total. The highest BCUT2D eigenvalue weighted by Gasteiger charge is 2.32. The van der Waals surface area contributed by atoms with Crippen molar-refractivity contribution in [2.24, 2.45) is 5.73 Å². The zero-order chi connectivity index (χ0) is 11.6. The third-order valence-corrected chi connectivity index (χ3v) is 2.71. The van der Waals surface area contributed by atoms with Crippen molar-refractivity contribution in [3.05, 3.63) is 26.9 Å². The lowest BCUT2D eigenvalue weighted by atomic mass is 10.1. The molecule has 1 heterocycles. The van der Waals surface area contributed by atoms with E-state index in [1.807, 2.05) is 0 Å². The minimum Gasteiger partial charge on any atom is -0.322 e. The first kappa shape index (κ1) is 12.9. The van der Waals surface area contributed by atoms with Crippen LogP contribution < -0.4 is 5.73 Å². The Morgan fingerprint density at radius 3 is 2.47 bits per heavy atom. The van der Waals surface area contributed by atoms with Gasteiger partial charge >= 0.3 is 6.18 Å². The minimum atomic E-state index is -4.28. The highest BCUT2D eigenvalue weighted by Crippen LogP contribution is 2.31. The zero-order valence-corrected chi connectivity index (χ0v) is 10.5. The van der Waals surface area contributed by atoms with Crippen LogP contribution in [0.15, 0.2) is 21.2 Å². The second-order valence-corrected chi connectivity index (χ2v) is 4.72. The molecule has 0 fully saturated rings. The van der Waals surface area contributed by atoms with Crippen LogP contribution in [0.4, 0.5) is 13.2 Å². The summed E-state index contributed by atoms with van der Waals surface area (Å²) in [6.07, 6.45) is -3.95. The minimum absolute atomic E-state index is 0.204. The number of pyridine rings is 1. The molecule has 1 aromatic heterocycles. The molecule has 0 aliphatic carbocycles. The predicted molar refractivity (Wildman–Crippen MR) is 57.2 cm³/mol. The van der Waals surface area contributed by atoms with E-state index in [-0.39, 0.29) is 5.69 Å². The summed E-state index contributed by atoms with van der Waals surface area (Å²) in [5.74, 6) is 0. The van der Waals surface area contributed by atoms with Gasteiger partial charge in [0.15, 0.2) is 0 Å². The highest BCUT2D eigenvalue weighted by atomic mass is 79.9. The van der Waals surface area contributed by atoms with Gasteiger partial charge in [0.2, 0.25) is 0 Å². The molecule has 0 radical (unpaired) electrons. The van der Waals surface area contributed by atoms with Gasteiger partial charge in [0.05, 0.1) is 18.2 Å². The van der Waals surface area contributed by atoms with Crippen molar-refractivity contribution in [1.29, 1.82) is 0 Å². The number of alkyl halides is 3. The van der Waals surface area contributed by atoms with Gasteiger partial charge in [-0.05, 0) is 37.9 Å². The molecule has 0 aliphatic rings. The van der Waals surface area contributed by atoms with Crippen molar-refractivity contribution >= 4 is 31.9 Å². The van der Waals surface area contributed by atoms with Gasteiger partial charge < -0.3 is 5.73 Å². The first-order valence-electron chi connectivity index (χ1n) is 3.93. The van der Waals surface area contributed by atoms with Crippen molar-refractivity contribution < 1.29 is 13.2 Å². The van der Waals surface area contributed by atoms with E-state index >= 15 is 0 Å². The lowest BCUT2D eigenvalue weighted by Crippen LogP contribution is -2.21. The normalized spacial score (nSPS) is 14.0. The van der Waals surface area contributed by atoms with Gasteiger partial charge in [-0.2, -0.15) is 13.2 Å². The summed E-state index contributed by atoms with van der Waals surface area (Å²) in [6, 6.07) is 0.464. The molecule has 1 unspecified atom stereocenters. The highest BCUT2D eigenvalue weighted by molar-refractivity contribution is 9.11. The largest absolute Gasteiger partial charge is 0.390 e. The Morgan fingerprint density at radius 1 is 1.40 bits per heavy atom. The smallest absolute Gasteiger partial charge is 0.322 e. The second kappa shape index (κ2) is 4.80. The van der Waals surface area contributed by atoms with Crippen LogP contribution in [0, 0.1) is 0 Å². The Morgan fingerprint density at radius 2 is 2.00 bits per heavy atom. The van der Waals surface area contributed by atoms with E-state index < -0.39 is 18.6 Å². The maximum atomic E-state index is 12.1. The van der Waals surface area contributed by atoms with Crippen LogP contribution in [0.25, 0.3) is 0 Å². The van der Waals surface area contributed by atoms with E-state index in [1.165, 1.54) is 6.20 Å². The lowest BCUT2D eigenvalue weighted by molar-refractivity contribution is -0.138. The Labute approximate surface area is 101 Å². The molecule has 0 aliphatic heterocycles. The number of nitrogens with two attached hydrogens (primary N) is 1. The molecule has 2 nitrogen and oxygen atoms in total. The fourth-order valence-corrected chi connectivity index (χ4v) is 2.33. The quantitative estimate of drug-likeness (QED) is 0.888. The Kier molecular flexibility index (Phi) is 4.13. The summed E-state index contributed by atoms with van der Waals surface area (Å²) in [5.41, 5.74) is 5.61. The molecule has 84 valence electrons. The van der Waals surface area contributed by atoms with E-state index in [0.29, 0.717) is 8.95 Å². The molecule has 1 atom stereocenters. The van der Waals surface area contributed by atoms with Gasteiger partial charge in [-0.3, -0.25) is 4.98 Å². The second-order valence-electron chi connectivity index (χ2n) is 2.95. The number of rotatable bonds is 2.